The van der Waals surface area contributed by atoms with Gasteiger partial charge >= 0.3 is 5.97 Å². The second-order valence-corrected chi connectivity index (χ2v) is 5.78. The van der Waals surface area contributed by atoms with Gasteiger partial charge in [-0.05, 0) is 42.5 Å². The Morgan fingerprint density at radius 1 is 1.43 bits per heavy atom. The summed E-state index contributed by atoms with van der Waals surface area (Å²) in [5.74, 6) is 0.587. The highest BCUT2D eigenvalue weighted by Crippen LogP contribution is 2.32. The Balaban J connectivity index is 1.95. The Morgan fingerprint density at radius 2 is 2.26 bits per heavy atom. The molecule has 2 aromatic rings. The molecule has 1 N–H and O–H groups in total. The highest BCUT2D eigenvalue weighted by Gasteiger charge is 2.24. The molecule has 1 heterocycles. The van der Waals surface area contributed by atoms with Gasteiger partial charge in [0.2, 0.25) is 0 Å². The van der Waals surface area contributed by atoms with Crippen LogP contribution < -0.4 is 0 Å². The van der Waals surface area contributed by atoms with Crippen molar-refractivity contribution >= 4 is 11.5 Å². The standard InChI is InChI=1S/C19H20O4/c1-12-4-3-5-13(18(12)19(21)22-2)6-7-14-15-10-11-23-17(15)9-8-16(14)20/h3-5,7,10-11,16,20H,6,8-9H2,1-2H3/b14-7-. The van der Waals surface area contributed by atoms with Crippen LogP contribution in [0.5, 0.6) is 0 Å². The summed E-state index contributed by atoms with van der Waals surface area (Å²) in [5.41, 5.74) is 4.23. The van der Waals surface area contributed by atoms with Gasteiger partial charge in [0, 0.05) is 12.0 Å². The number of allylic oxidation sites excluding steroid dienone is 1. The van der Waals surface area contributed by atoms with Crippen molar-refractivity contribution in [2.45, 2.75) is 32.3 Å². The molecule has 1 aliphatic rings. The lowest BCUT2D eigenvalue weighted by Gasteiger charge is -2.20. The van der Waals surface area contributed by atoms with E-state index in [0.717, 1.165) is 34.4 Å². The van der Waals surface area contributed by atoms with Crippen LogP contribution in [0.2, 0.25) is 0 Å². The number of benzene rings is 1. The van der Waals surface area contributed by atoms with Crippen LogP contribution in [0.4, 0.5) is 0 Å². The molecule has 0 radical (unpaired) electrons. The average molecular weight is 312 g/mol. The van der Waals surface area contributed by atoms with Crippen molar-refractivity contribution in [3.63, 3.8) is 0 Å². The fraction of sp³-hybridized carbons (Fsp3) is 0.316. The molecule has 1 aromatic carbocycles. The van der Waals surface area contributed by atoms with Gasteiger partial charge in [-0.15, -0.1) is 0 Å². The molecule has 0 saturated carbocycles. The van der Waals surface area contributed by atoms with E-state index in [9.17, 15) is 9.90 Å². The van der Waals surface area contributed by atoms with Gasteiger partial charge in [0.25, 0.3) is 0 Å². The number of aliphatic hydroxyl groups is 1. The molecule has 1 atom stereocenters. The summed E-state index contributed by atoms with van der Waals surface area (Å²) in [4.78, 5) is 12.0. The Labute approximate surface area is 135 Å². The lowest BCUT2D eigenvalue weighted by molar-refractivity contribution is 0.0599. The fourth-order valence-electron chi connectivity index (χ4n) is 3.15. The van der Waals surface area contributed by atoms with Crippen LogP contribution in [0.15, 0.2) is 41.0 Å². The molecule has 0 amide bonds. The monoisotopic (exact) mass is 312 g/mol. The second kappa shape index (κ2) is 6.42. The number of methoxy groups -OCH3 is 1. The number of carbonyl (C=O) groups is 1. The zero-order valence-electron chi connectivity index (χ0n) is 13.3. The third kappa shape index (κ3) is 2.94. The Bertz CT molecular complexity index is 754. The zero-order chi connectivity index (χ0) is 16.4. The summed E-state index contributed by atoms with van der Waals surface area (Å²) in [6.07, 6.45) is 5.11. The van der Waals surface area contributed by atoms with Crippen LogP contribution in [0.3, 0.4) is 0 Å². The van der Waals surface area contributed by atoms with E-state index < -0.39 is 6.10 Å². The summed E-state index contributed by atoms with van der Waals surface area (Å²) < 4.78 is 10.3. The Kier molecular flexibility index (Phi) is 4.35. The molecule has 0 spiro atoms. The van der Waals surface area contributed by atoms with Crippen LogP contribution in [0.25, 0.3) is 5.57 Å². The number of esters is 1. The molecular formula is C19H20O4. The molecule has 0 aliphatic heterocycles. The first-order chi connectivity index (χ1) is 11.1. The normalized spacial score (nSPS) is 18.7. The second-order valence-electron chi connectivity index (χ2n) is 5.78. The maximum absolute atomic E-state index is 12.0. The van der Waals surface area contributed by atoms with Crippen LogP contribution >= 0.6 is 0 Å². The zero-order valence-corrected chi connectivity index (χ0v) is 13.3. The quantitative estimate of drug-likeness (QED) is 0.883. The number of rotatable bonds is 3. The summed E-state index contributed by atoms with van der Waals surface area (Å²) in [6.45, 7) is 1.90. The number of carbonyl (C=O) groups excluding carboxylic acids is 1. The van der Waals surface area contributed by atoms with Gasteiger partial charge in [0.15, 0.2) is 0 Å². The molecule has 0 fully saturated rings. The molecule has 1 aromatic heterocycles. The summed E-state index contributed by atoms with van der Waals surface area (Å²) in [5, 5.41) is 10.3. The van der Waals surface area contributed by atoms with Crippen molar-refractivity contribution in [2.75, 3.05) is 7.11 Å². The van der Waals surface area contributed by atoms with Crippen LogP contribution in [0, 0.1) is 6.92 Å². The molecule has 120 valence electrons. The van der Waals surface area contributed by atoms with Gasteiger partial charge in [-0.3, -0.25) is 0 Å². The van der Waals surface area contributed by atoms with Crippen molar-refractivity contribution < 1.29 is 19.1 Å². The molecule has 0 saturated heterocycles. The van der Waals surface area contributed by atoms with E-state index >= 15 is 0 Å². The molecular weight excluding hydrogens is 292 g/mol. The highest BCUT2D eigenvalue weighted by atomic mass is 16.5. The number of hydrogen-bond donors (Lipinski definition) is 1. The lowest BCUT2D eigenvalue weighted by Crippen LogP contribution is -2.17. The van der Waals surface area contributed by atoms with E-state index in [4.69, 9.17) is 9.15 Å². The van der Waals surface area contributed by atoms with Crippen molar-refractivity contribution in [1.82, 2.24) is 0 Å². The predicted octanol–water partition coefficient (Wildman–Crippen LogP) is 3.31. The van der Waals surface area contributed by atoms with Crippen molar-refractivity contribution in [1.29, 1.82) is 0 Å². The third-order valence-electron chi connectivity index (χ3n) is 4.35. The Morgan fingerprint density at radius 3 is 3.04 bits per heavy atom. The van der Waals surface area contributed by atoms with Crippen molar-refractivity contribution in [2.24, 2.45) is 0 Å². The van der Waals surface area contributed by atoms with Crippen LogP contribution in [-0.4, -0.2) is 24.3 Å². The highest BCUT2D eigenvalue weighted by molar-refractivity contribution is 5.92. The first-order valence-electron chi connectivity index (χ1n) is 7.73. The lowest BCUT2D eigenvalue weighted by atomic mass is 9.88. The van der Waals surface area contributed by atoms with E-state index in [0.29, 0.717) is 18.4 Å². The van der Waals surface area contributed by atoms with E-state index in [-0.39, 0.29) is 5.97 Å². The van der Waals surface area contributed by atoms with Crippen molar-refractivity contribution in [3.05, 3.63) is 64.6 Å². The van der Waals surface area contributed by atoms with E-state index in [1.807, 2.05) is 37.3 Å². The third-order valence-corrected chi connectivity index (χ3v) is 4.35. The van der Waals surface area contributed by atoms with Gasteiger partial charge in [-0.1, -0.05) is 24.3 Å². The number of furan rings is 1. The minimum atomic E-state index is -0.494. The summed E-state index contributed by atoms with van der Waals surface area (Å²) in [6, 6.07) is 7.63. The van der Waals surface area contributed by atoms with E-state index in [1.165, 1.54) is 7.11 Å². The van der Waals surface area contributed by atoms with Crippen LogP contribution in [-0.2, 0) is 17.6 Å². The van der Waals surface area contributed by atoms with E-state index in [2.05, 4.69) is 0 Å². The average Bonchev–Trinajstić information content (AvgIpc) is 3.02. The van der Waals surface area contributed by atoms with E-state index in [1.54, 1.807) is 6.26 Å². The molecule has 1 aliphatic carbocycles. The number of aryl methyl sites for hydroxylation is 2. The van der Waals surface area contributed by atoms with Gasteiger partial charge < -0.3 is 14.3 Å². The molecule has 4 nitrogen and oxygen atoms in total. The maximum Gasteiger partial charge on any atom is 0.338 e. The SMILES string of the molecule is COC(=O)c1c(C)cccc1C/C=C1/c2ccoc2CCC1O. The topological polar surface area (TPSA) is 59.7 Å². The smallest absolute Gasteiger partial charge is 0.338 e. The van der Waals surface area contributed by atoms with Gasteiger partial charge in [-0.25, -0.2) is 4.79 Å². The molecule has 1 unspecified atom stereocenters. The molecule has 3 rings (SSSR count). The summed E-state index contributed by atoms with van der Waals surface area (Å²) in [7, 11) is 1.39. The summed E-state index contributed by atoms with van der Waals surface area (Å²) >= 11 is 0. The van der Waals surface area contributed by atoms with Crippen molar-refractivity contribution in [3.8, 4) is 0 Å². The minimum Gasteiger partial charge on any atom is -0.469 e. The van der Waals surface area contributed by atoms with Gasteiger partial charge in [0.05, 0.1) is 25.0 Å². The molecule has 23 heavy (non-hydrogen) atoms. The largest absolute Gasteiger partial charge is 0.469 e. The Hall–Kier alpha value is -2.33. The maximum atomic E-state index is 12.0. The first kappa shape index (κ1) is 15.6. The number of ether oxygens (including phenoxy) is 1. The van der Waals surface area contributed by atoms with Crippen LogP contribution in [0.1, 0.15) is 39.2 Å². The van der Waals surface area contributed by atoms with Gasteiger partial charge in [0.1, 0.15) is 5.76 Å². The first-order valence-corrected chi connectivity index (χ1v) is 7.73. The number of aliphatic hydroxyl groups excluding tert-OH is 1. The molecule has 4 heteroatoms. The predicted molar refractivity (Wildman–Crippen MR) is 87.2 cm³/mol. The number of hydrogen-bond acceptors (Lipinski definition) is 4. The molecule has 0 bridgehead atoms. The minimum absolute atomic E-state index is 0.329. The number of fused-ring (bicyclic) bond motifs is 1. The van der Waals surface area contributed by atoms with Gasteiger partial charge in [-0.2, -0.15) is 0 Å². The fourth-order valence-corrected chi connectivity index (χ4v) is 3.15.